The van der Waals surface area contributed by atoms with Gasteiger partial charge in [-0.1, -0.05) is 0 Å². The molecule has 6 heteroatoms. The highest BCUT2D eigenvalue weighted by Crippen LogP contribution is 2.23. The molecule has 0 spiro atoms. The lowest BCUT2D eigenvalue weighted by Crippen LogP contribution is -2.29. The van der Waals surface area contributed by atoms with E-state index in [2.05, 4.69) is 15.4 Å². The minimum Gasteiger partial charge on any atom is -0.365 e. The van der Waals surface area contributed by atoms with Crippen molar-refractivity contribution in [2.24, 2.45) is 5.73 Å². The predicted octanol–water partition coefficient (Wildman–Crippen LogP) is 0.295. The summed E-state index contributed by atoms with van der Waals surface area (Å²) in [6, 6.07) is 1.96. The molecule has 1 fully saturated rings. The molecule has 1 atom stereocenters. The Hall–Kier alpha value is -1.95. The summed E-state index contributed by atoms with van der Waals surface area (Å²) in [5.41, 5.74) is 7.31. The number of carbonyl (C=O) groups excluding carboxylic acids is 1. The van der Waals surface area contributed by atoms with E-state index in [0.29, 0.717) is 17.1 Å². The zero-order chi connectivity index (χ0) is 12.5. The fourth-order valence-corrected chi connectivity index (χ4v) is 2.50. The smallest absolute Gasteiger partial charge is 0.254 e. The van der Waals surface area contributed by atoms with E-state index in [9.17, 15) is 4.79 Å². The fourth-order valence-electron chi connectivity index (χ4n) is 2.50. The summed E-state index contributed by atoms with van der Waals surface area (Å²) in [6.45, 7) is 2.00. The highest BCUT2D eigenvalue weighted by atomic mass is 16.1. The van der Waals surface area contributed by atoms with Crippen LogP contribution in [0.3, 0.4) is 0 Å². The van der Waals surface area contributed by atoms with Gasteiger partial charge in [-0.3, -0.25) is 4.79 Å². The maximum absolute atomic E-state index is 11.3. The number of primary amides is 1. The van der Waals surface area contributed by atoms with Gasteiger partial charge in [-0.25, -0.2) is 9.50 Å². The molecule has 1 saturated heterocycles. The van der Waals surface area contributed by atoms with Crippen molar-refractivity contribution in [3.05, 3.63) is 29.7 Å². The van der Waals surface area contributed by atoms with Crippen LogP contribution in [0.1, 0.15) is 34.8 Å². The van der Waals surface area contributed by atoms with Crippen molar-refractivity contribution in [3.63, 3.8) is 0 Å². The van der Waals surface area contributed by atoms with E-state index < -0.39 is 5.91 Å². The number of hydrogen-bond donors (Lipinski definition) is 2. The summed E-state index contributed by atoms with van der Waals surface area (Å²) in [5, 5.41) is 7.62. The van der Waals surface area contributed by atoms with Gasteiger partial charge >= 0.3 is 0 Å². The predicted molar refractivity (Wildman–Crippen MR) is 66.3 cm³/mol. The van der Waals surface area contributed by atoms with Gasteiger partial charge in [-0.2, -0.15) is 5.10 Å². The summed E-state index contributed by atoms with van der Waals surface area (Å²) in [4.78, 5) is 15.5. The van der Waals surface area contributed by atoms with Crippen LogP contribution in [-0.2, 0) is 0 Å². The van der Waals surface area contributed by atoms with Crippen LogP contribution in [0.4, 0.5) is 0 Å². The summed E-state index contributed by atoms with van der Waals surface area (Å²) >= 11 is 0. The summed E-state index contributed by atoms with van der Waals surface area (Å²) in [5.74, 6) is -0.0821. The Bertz CT molecular complexity index is 585. The minimum atomic E-state index is -0.489. The Labute approximate surface area is 104 Å². The molecule has 3 rings (SSSR count). The molecule has 6 nitrogen and oxygen atoms in total. The van der Waals surface area contributed by atoms with Crippen molar-refractivity contribution < 1.29 is 4.79 Å². The number of amides is 1. The molecule has 2 aromatic rings. The monoisotopic (exact) mass is 245 g/mol. The molecule has 0 aromatic carbocycles. The SMILES string of the molecule is NC(=O)c1cnn2c(C3CCCNC3)ccnc12. The molecule has 0 radical (unpaired) electrons. The molecule has 1 aliphatic heterocycles. The number of aromatic nitrogens is 3. The van der Waals surface area contributed by atoms with Gasteiger partial charge in [0.25, 0.3) is 5.91 Å². The average molecular weight is 245 g/mol. The van der Waals surface area contributed by atoms with Crippen molar-refractivity contribution >= 4 is 11.6 Å². The van der Waals surface area contributed by atoms with E-state index in [1.54, 1.807) is 10.7 Å². The van der Waals surface area contributed by atoms with Crippen LogP contribution in [-0.4, -0.2) is 33.6 Å². The van der Waals surface area contributed by atoms with Crippen LogP contribution < -0.4 is 11.1 Å². The van der Waals surface area contributed by atoms with E-state index in [1.807, 2.05) is 6.07 Å². The first-order valence-corrected chi connectivity index (χ1v) is 6.10. The van der Waals surface area contributed by atoms with Crippen LogP contribution in [0.2, 0.25) is 0 Å². The summed E-state index contributed by atoms with van der Waals surface area (Å²) < 4.78 is 1.73. The Morgan fingerprint density at radius 2 is 2.44 bits per heavy atom. The number of piperidine rings is 1. The zero-order valence-electron chi connectivity index (χ0n) is 9.97. The van der Waals surface area contributed by atoms with Gasteiger partial charge in [-0.15, -0.1) is 0 Å². The Morgan fingerprint density at radius 1 is 1.56 bits per heavy atom. The quantitative estimate of drug-likeness (QED) is 0.796. The molecule has 2 aromatic heterocycles. The minimum absolute atomic E-state index is 0.376. The normalized spacial score (nSPS) is 20.1. The van der Waals surface area contributed by atoms with E-state index in [0.717, 1.165) is 31.6 Å². The number of hydrogen-bond acceptors (Lipinski definition) is 4. The second-order valence-corrected chi connectivity index (χ2v) is 4.57. The second-order valence-electron chi connectivity index (χ2n) is 4.57. The Kier molecular flexibility index (Phi) is 2.71. The molecule has 3 N–H and O–H groups in total. The number of nitrogens with zero attached hydrogens (tertiary/aromatic N) is 3. The highest BCUT2D eigenvalue weighted by molar-refractivity contribution is 5.98. The van der Waals surface area contributed by atoms with Crippen LogP contribution in [0.5, 0.6) is 0 Å². The topological polar surface area (TPSA) is 85.3 Å². The van der Waals surface area contributed by atoms with Gasteiger partial charge < -0.3 is 11.1 Å². The van der Waals surface area contributed by atoms with Crippen molar-refractivity contribution in [1.29, 1.82) is 0 Å². The number of rotatable bonds is 2. The molecule has 3 heterocycles. The number of nitrogens with two attached hydrogens (primary N) is 1. The summed E-state index contributed by atoms with van der Waals surface area (Å²) in [7, 11) is 0. The van der Waals surface area contributed by atoms with Crippen LogP contribution in [0, 0.1) is 0 Å². The first-order valence-electron chi connectivity index (χ1n) is 6.10. The van der Waals surface area contributed by atoms with Gasteiger partial charge in [0.05, 0.1) is 11.9 Å². The molecule has 18 heavy (non-hydrogen) atoms. The van der Waals surface area contributed by atoms with Gasteiger partial charge in [-0.05, 0) is 25.5 Å². The third-order valence-corrected chi connectivity index (χ3v) is 3.41. The van der Waals surface area contributed by atoms with Gasteiger partial charge in [0.15, 0.2) is 5.65 Å². The maximum Gasteiger partial charge on any atom is 0.254 e. The van der Waals surface area contributed by atoms with Crippen molar-refractivity contribution in [1.82, 2.24) is 19.9 Å². The molecule has 0 saturated carbocycles. The van der Waals surface area contributed by atoms with Crippen molar-refractivity contribution in [2.75, 3.05) is 13.1 Å². The van der Waals surface area contributed by atoms with E-state index in [4.69, 9.17) is 5.73 Å². The fraction of sp³-hybridized carbons (Fsp3) is 0.417. The lowest BCUT2D eigenvalue weighted by Gasteiger charge is -2.23. The van der Waals surface area contributed by atoms with Gasteiger partial charge in [0, 0.05) is 18.7 Å². The van der Waals surface area contributed by atoms with E-state index in [1.165, 1.54) is 6.20 Å². The molecule has 0 bridgehead atoms. The lowest BCUT2D eigenvalue weighted by atomic mass is 9.96. The first-order chi connectivity index (χ1) is 8.77. The molecular weight excluding hydrogens is 230 g/mol. The highest BCUT2D eigenvalue weighted by Gasteiger charge is 2.20. The zero-order valence-corrected chi connectivity index (χ0v) is 9.97. The van der Waals surface area contributed by atoms with Crippen molar-refractivity contribution in [3.8, 4) is 0 Å². The standard InChI is InChI=1S/C12H15N5O/c13-11(18)9-7-16-17-10(3-5-15-12(9)17)8-2-1-4-14-6-8/h3,5,7-8,14H,1-2,4,6H2,(H2,13,18). The van der Waals surface area contributed by atoms with E-state index in [-0.39, 0.29) is 0 Å². The largest absolute Gasteiger partial charge is 0.365 e. The van der Waals surface area contributed by atoms with Gasteiger partial charge in [0.1, 0.15) is 5.56 Å². The third-order valence-electron chi connectivity index (χ3n) is 3.41. The second kappa shape index (κ2) is 4.38. The molecule has 1 aliphatic rings. The van der Waals surface area contributed by atoms with E-state index >= 15 is 0 Å². The van der Waals surface area contributed by atoms with Gasteiger partial charge in [0.2, 0.25) is 0 Å². The van der Waals surface area contributed by atoms with Crippen molar-refractivity contribution in [2.45, 2.75) is 18.8 Å². The Balaban J connectivity index is 2.09. The Morgan fingerprint density at radius 3 is 3.17 bits per heavy atom. The molecule has 1 amide bonds. The maximum atomic E-state index is 11.3. The first kappa shape index (κ1) is 11.2. The lowest BCUT2D eigenvalue weighted by molar-refractivity contribution is 0.100. The average Bonchev–Trinajstić information content (AvgIpc) is 2.83. The number of fused-ring (bicyclic) bond motifs is 1. The molecule has 0 aliphatic carbocycles. The van der Waals surface area contributed by atoms with Crippen LogP contribution >= 0.6 is 0 Å². The van der Waals surface area contributed by atoms with Crippen LogP contribution in [0.25, 0.3) is 5.65 Å². The molecule has 94 valence electrons. The molecule has 1 unspecified atom stereocenters. The molecular formula is C12H15N5O. The third kappa shape index (κ3) is 1.74. The summed E-state index contributed by atoms with van der Waals surface area (Å²) in [6.07, 6.45) is 5.48. The van der Waals surface area contributed by atoms with Crippen LogP contribution in [0.15, 0.2) is 18.5 Å². The number of nitrogens with one attached hydrogen (secondary N) is 1. The number of carbonyl (C=O) groups is 1.